The van der Waals surface area contributed by atoms with Gasteiger partial charge in [-0.1, -0.05) is 5.21 Å². The molecule has 0 unspecified atom stereocenters. The zero-order valence-corrected chi connectivity index (χ0v) is 12.9. The molecule has 2 aromatic rings. The fraction of sp³-hybridized carbons (Fsp3) is 0.385. The van der Waals surface area contributed by atoms with Gasteiger partial charge in [-0.15, -0.1) is 5.10 Å². The normalized spacial score (nSPS) is 11.0. The molecule has 0 aliphatic carbocycles. The lowest BCUT2D eigenvalue weighted by Crippen LogP contribution is -2.18. The Labute approximate surface area is 125 Å². The van der Waals surface area contributed by atoms with Crippen LogP contribution in [0.15, 0.2) is 22.8 Å². The van der Waals surface area contributed by atoms with Crippen molar-refractivity contribution in [2.45, 2.75) is 13.5 Å². The average Bonchev–Trinajstić information content (AvgIpc) is 2.87. The summed E-state index contributed by atoms with van der Waals surface area (Å²) in [5, 5.41) is 11.3. The summed E-state index contributed by atoms with van der Waals surface area (Å²) < 4.78 is 20.4. The Kier molecular flexibility index (Phi) is 5.22. The Balaban J connectivity index is 2.10. The average molecular weight is 343 g/mol. The lowest BCUT2D eigenvalue weighted by Gasteiger charge is -2.06. The molecule has 0 atom stereocenters. The molecule has 0 aliphatic heterocycles. The predicted molar refractivity (Wildman–Crippen MR) is 77.3 cm³/mol. The monoisotopic (exact) mass is 342 g/mol. The van der Waals surface area contributed by atoms with Gasteiger partial charge in [0.1, 0.15) is 5.82 Å². The molecule has 1 aromatic heterocycles. The first-order valence-electron chi connectivity index (χ1n) is 6.18. The van der Waals surface area contributed by atoms with Crippen molar-refractivity contribution >= 4 is 15.9 Å². The zero-order chi connectivity index (χ0) is 14.5. The van der Waals surface area contributed by atoms with E-state index in [0.717, 1.165) is 23.5 Å². The number of benzene rings is 1. The van der Waals surface area contributed by atoms with Crippen LogP contribution in [0.1, 0.15) is 11.3 Å². The lowest BCUT2D eigenvalue weighted by molar-refractivity contribution is 0.199. The fourth-order valence-electron chi connectivity index (χ4n) is 1.77. The maximum atomic E-state index is 13.4. The van der Waals surface area contributed by atoms with Gasteiger partial charge in [-0.05, 0) is 40.5 Å². The van der Waals surface area contributed by atoms with Gasteiger partial charge in [0, 0.05) is 20.2 Å². The number of ether oxygens (including phenoxy) is 1. The van der Waals surface area contributed by atoms with Gasteiger partial charge in [0.05, 0.1) is 28.7 Å². The van der Waals surface area contributed by atoms with Crippen LogP contribution in [0, 0.1) is 12.7 Å². The van der Waals surface area contributed by atoms with Crippen LogP contribution in [0.3, 0.4) is 0 Å². The van der Waals surface area contributed by atoms with Crippen LogP contribution in [0.25, 0.3) is 5.69 Å². The zero-order valence-electron chi connectivity index (χ0n) is 11.4. The maximum Gasteiger partial charge on any atom is 0.137 e. The largest absolute Gasteiger partial charge is 0.383 e. The molecule has 7 heteroatoms. The first-order valence-corrected chi connectivity index (χ1v) is 6.98. The first kappa shape index (κ1) is 15.1. The number of aryl methyl sites for hydroxylation is 1. The van der Waals surface area contributed by atoms with E-state index in [4.69, 9.17) is 4.74 Å². The molecular formula is C13H16BrFN4O. The minimum absolute atomic E-state index is 0.284. The predicted octanol–water partition coefficient (Wildman–Crippen LogP) is 2.21. The van der Waals surface area contributed by atoms with Crippen LogP contribution in [0.2, 0.25) is 0 Å². The standard InChI is InChI=1S/C13H16BrFN4O/c1-9-5-12(15)11(14)6-13(9)19-8-10(17-18-19)7-16-3-4-20-2/h5-6,8,16H,3-4,7H2,1-2H3. The second-order valence-electron chi connectivity index (χ2n) is 4.38. The van der Waals surface area contributed by atoms with Crippen molar-refractivity contribution < 1.29 is 9.13 Å². The number of nitrogens with zero attached hydrogens (tertiary/aromatic N) is 3. The molecule has 0 radical (unpaired) electrons. The van der Waals surface area contributed by atoms with Crippen molar-refractivity contribution in [3.05, 3.63) is 39.9 Å². The summed E-state index contributed by atoms with van der Waals surface area (Å²) in [6, 6.07) is 3.17. The Bertz CT molecular complexity index is 588. The number of halogens is 2. The molecule has 0 fully saturated rings. The molecular weight excluding hydrogens is 327 g/mol. The molecule has 20 heavy (non-hydrogen) atoms. The van der Waals surface area contributed by atoms with Crippen molar-refractivity contribution in [1.29, 1.82) is 0 Å². The summed E-state index contributed by atoms with van der Waals surface area (Å²) in [7, 11) is 1.66. The molecule has 2 rings (SSSR count). The van der Waals surface area contributed by atoms with Crippen molar-refractivity contribution in [2.24, 2.45) is 0 Å². The van der Waals surface area contributed by atoms with Gasteiger partial charge >= 0.3 is 0 Å². The SMILES string of the molecule is COCCNCc1cn(-c2cc(Br)c(F)cc2C)nn1. The van der Waals surface area contributed by atoms with E-state index in [2.05, 4.69) is 31.6 Å². The Morgan fingerprint density at radius 3 is 3.00 bits per heavy atom. The van der Waals surface area contributed by atoms with Gasteiger partial charge in [0.2, 0.25) is 0 Å². The molecule has 0 amide bonds. The van der Waals surface area contributed by atoms with Gasteiger partial charge in [-0.25, -0.2) is 9.07 Å². The summed E-state index contributed by atoms with van der Waals surface area (Å²) in [6.45, 7) is 3.86. The van der Waals surface area contributed by atoms with Crippen molar-refractivity contribution in [1.82, 2.24) is 20.3 Å². The van der Waals surface area contributed by atoms with Crippen LogP contribution < -0.4 is 5.32 Å². The number of methoxy groups -OCH3 is 1. The van der Waals surface area contributed by atoms with Gasteiger partial charge in [-0.2, -0.15) is 0 Å². The Morgan fingerprint density at radius 1 is 1.45 bits per heavy atom. The van der Waals surface area contributed by atoms with Crippen LogP contribution >= 0.6 is 15.9 Å². The Hall–Kier alpha value is -1.31. The Morgan fingerprint density at radius 2 is 2.25 bits per heavy atom. The maximum absolute atomic E-state index is 13.4. The van der Waals surface area contributed by atoms with E-state index in [1.165, 1.54) is 6.07 Å². The molecule has 0 saturated heterocycles. The summed E-state index contributed by atoms with van der Waals surface area (Å²) in [4.78, 5) is 0. The van der Waals surface area contributed by atoms with Crippen LogP contribution in [-0.4, -0.2) is 35.3 Å². The van der Waals surface area contributed by atoms with E-state index in [1.807, 2.05) is 13.1 Å². The van der Waals surface area contributed by atoms with E-state index in [1.54, 1.807) is 17.9 Å². The summed E-state index contributed by atoms with van der Waals surface area (Å²) in [5.41, 5.74) is 2.42. The van der Waals surface area contributed by atoms with Crippen molar-refractivity contribution in [2.75, 3.05) is 20.3 Å². The summed E-state index contributed by atoms with van der Waals surface area (Å²) in [5.74, 6) is -0.284. The third-order valence-corrected chi connectivity index (χ3v) is 3.42. The number of rotatable bonds is 6. The second-order valence-corrected chi connectivity index (χ2v) is 5.23. The van der Waals surface area contributed by atoms with Crippen LogP contribution in [0.5, 0.6) is 0 Å². The highest BCUT2D eigenvalue weighted by atomic mass is 79.9. The topological polar surface area (TPSA) is 52.0 Å². The van der Waals surface area contributed by atoms with Gasteiger partial charge in [0.25, 0.3) is 0 Å². The van der Waals surface area contributed by atoms with E-state index in [0.29, 0.717) is 17.6 Å². The molecule has 5 nitrogen and oxygen atoms in total. The van der Waals surface area contributed by atoms with Crippen LogP contribution in [-0.2, 0) is 11.3 Å². The minimum atomic E-state index is -0.284. The quantitative estimate of drug-likeness (QED) is 0.818. The molecule has 108 valence electrons. The van der Waals surface area contributed by atoms with Crippen LogP contribution in [0.4, 0.5) is 4.39 Å². The number of aromatic nitrogens is 3. The fourth-order valence-corrected chi connectivity index (χ4v) is 2.10. The third kappa shape index (κ3) is 3.62. The highest BCUT2D eigenvalue weighted by Gasteiger charge is 2.09. The third-order valence-electron chi connectivity index (χ3n) is 2.82. The molecule has 1 aromatic carbocycles. The molecule has 0 saturated carbocycles. The smallest absolute Gasteiger partial charge is 0.137 e. The van der Waals surface area contributed by atoms with Gasteiger partial charge in [0.15, 0.2) is 0 Å². The van der Waals surface area contributed by atoms with E-state index in [-0.39, 0.29) is 5.82 Å². The molecule has 0 aliphatic rings. The van der Waals surface area contributed by atoms with E-state index in [9.17, 15) is 4.39 Å². The molecule has 0 bridgehead atoms. The molecule has 0 spiro atoms. The van der Waals surface area contributed by atoms with Crippen molar-refractivity contribution in [3.8, 4) is 5.69 Å². The van der Waals surface area contributed by atoms with E-state index >= 15 is 0 Å². The lowest BCUT2D eigenvalue weighted by atomic mass is 10.2. The summed E-state index contributed by atoms with van der Waals surface area (Å²) in [6.07, 6.45) is 1.83. The number of hydrogen-bond acceptors (Lipinski definition) is 4. The van der Waals surface area contributed by atoms with E-state index < -0.39 is 0 Å². The van der Waals surface area contributed by atoms with Gasteiger partial charge in [-0.3, -0.25) is 0 Å². The summed E-state index contributed by atoms with van der Waals surface area (Å²) >= 11 is 3.18. The highest BCUT2D eigenvalue weighted by Crippen LogP contribution is 2.22. The molecule has 1 heterocycles. The highest BCUT2D eigenvalue weighted by molar-refractivity contribution is 9.10. The van der Waals surface area contributed by atoms with Gasteiger partial charge < -0.3 is 10.1 Å². The minimum Gasteiger partial charge on any atom is -0.383 e. The second kappa shape index (κ2) is 6.92. The number of nitrogens with one attached hydrogen (secondary N) is 1. The molecule has 1 N–H and O–H groups in total. The first-order chi connectivity index (χ1) is 9.61. The number of hydrogen-bond donors (Lipinski definition) is 1. The van der Waals surface area contributed by atoms with Crippen molar-refractivity contribution in [3.63, 3.8) is 0 Å².